The van der Waals surface area contributed by atoms with Gasteiger partial charge in [-0.3, -0.25) is 9.59 Å². The summed E-state index contributed by atoms with van der Waals surface area (Å²) in [4.78, 5) is 26.9. The summed E-state index contributed by atoms with van der Waals surface area (Å²) in [5.74, 6) is -0.147. The molecule has 0 aromatic carbocycles. The fraction of sp³-hybridized carbons (Fsp3) is 0.667. The molecule has 2 rings (SSSR count). The lowest BCUT2D eigenvalue weighted by Gasteiger charge is -2.16. The average Bonchev–Trinajstić information content (AvgIpc) is 2.68. The summed E-state index contributed by atoms with van der Waals surface area (Å²) < 4.78 is 0. The summed E-state index contributed by atoms with van der Waals surface area (Å²) in [5, 5.41) is 6.47. The molecule has 1 aromatic heterocycles. The Balaban J connectivity index is 1.81. The van der Waals surface area contributed by atoms with Crippen molar-refractivity contribution >= 4 is 11.7 Å². The van der Waals surface area contributed by atoms with Crippen molar-refractivity contribution in [2.75, 3.05) is 13.1 Å². The smallest absolute Gasteiger partial charge is 0.268 e. The van der Waals surface area contributed by atoms with Gasteiger partial charge in [0.25, 0.3) is 5.91 Å². The summed E-state index contributed by atoms with van der Waals surface area (Å²) >= 11 is 0. The number of carbonyl (C=O) groups is 2. The molecule has 1 fully saturated rings. The van der Waals surface area contributed by atoms with E-state index in [9.17, 15) is 9.59 Å². The topological polar surface area (TPSA) is 74.0 Å². The summed E-state index contributed by atoms with van der Waals surface area (Å²) in [6.07, 6.45) is 7.78. The Morgan fingerprint density at radius 1 is 1.09 bits per heavy atom. The van der Waals surface area contributed by atoms with Gasteiger partial charge < -0.3 is 15.6 Å². The molecule has 0 radical (unpaired) electrons. The van der Waals surface area contributed by atoms with E-state index in [0.29, 0.717) is 23.8 Å². The van der Waals surface area contributed by atoms with Crippen molar-refractivity contribution in [3.05, 3.63) is 22.5 Å². The van der Waals surface area contributed by atoms with Crippen LogP contribution >= 0.6 is 0 Å². The number of aryl methyl sites for hydroxylation is 1. The highest BCUT2D eigenvalue weighted by Crippen LogP contribution is 2.18. The molecule has 1 saturated carbocycles. The maximum absolute atomic E-state index is 12.3. The lowest BCUT2D eigenvalue weighted by molar-refractivity contribution is 0.0948. The monoisotopic (exact) mass is 319 g/mol. The minimum Gasteiger partial charge on any atom is -0.354 e. The molecule has 0 aliphatic heterocycles. The van der Waals surface area contributed by atoms with Crippen LogP contribution in [0.4, 0.5) is 0 Å². The van der Waals surface area contributed by atoms with Gasteiger partial charge in [-0.15, -0.1) is 0 Å². The first kappa shape index (κ1) is 17.7. The number of H-pyrrole nitrogens is 1. The van der Waals surface area contributed by atoms with Crippen LogP contribution in [0.1, 0.15) is 77.6 Å². The van der Waals surface area contributed by atoms with Crippen molar-refractivity contribution in [1.82, 2.24) is 15.6 Å². The molecule has 5 nitrogen and oxygen atoms in total. The fourth-order valence-electron chi connectivity index (χ4n) is 3.53. The fourth-order valence-corrected chi connectivity index (χ4v) is 3.53. The Morgan fingerprint density at radius 2 is 1.74 bits per heavy atom. The molecule has 0 spiro atoms. The zero-order valence-electron chi connectivity index (χ0n) is 14.6. The summed E-state index contributed by atoms with van der Waals surface area (Å²) in [7, 11) is 0. The first-order chi connectivity index (χ1) is 11.0. The summed E-state index contributed by atoms with van der Waals surface area (Å²) in [5.41, 5.74) is 2.63. The highest BCUT2D eigenvalue weighted by molar-refractivity contribution is 6.02. The molecular weight excluding hydrogens is 290 g/mol. The molecule has 0 bridgehead atoms. The number of amides is 1. The summed E-state index contributed by atoms with van der Waals surface area (Å²) in [6.45, 7) is 6.56. The van der Waals surface area contributed by atoms with E-state index in [0.717, 1.165) is 17.8 Å². The number of Topliss-reactive ketones (excluding diaryl/α,β-unsaturated/α-hetero) is 1. The number of nitrogens with one attached hydrogen (secondary N) is 3. The highest BCUT2D eigenvalue weighted by Gasteiger charge is 2.19. The first-order valence-electron chi connectivity index (χ1n) is 8.72. The molecule has 1 aliphatic carbocycles. The lowest BCUT2D eigenvalue weighted by atomic mass is 10.1. The SMILES string of the molecule is CC(=O)c1c(C)[nH]c(C(=O)NCCNC2CCCCCC2)c1C. The maximum atomic E-state index is 12.3. The number of aromatic nitrogens is 1. The van der Waals surface area contributed by atoms with Crippen LogP contribution in [-0.2, 0) is 0 Å². The molecule has 1 heterocycles. The van der Waals surface area contributed by atoms with Gasteiger partial charge in [0, 0.05) is 30.4 Å². The normalized spacial score (nSPS) is 16.1. The van der Waals surface area contributed by atoms with Gasteiger partial charge >= 0.3 is 0 Å². The number of hydrogen-bond donors (Lipinski definition) is 3. The molecule has 0 unspecified atom stereocenters. The van der Waals surface area contributed by atoms with Crippen molar-refractivity contribution < 1.29 is 9.59 Å². The van der Waals surface area contributed by atoms with Crippen LogP contribution in [0.15, 0.2) is 0 Å². The van der Waals surface area contributed by atoms with E-state index in [2.05, 4.69) is 15.6 Å². The Morgan fingerprint density at radius 3 is 2.30 bits per heavy atom. The van der Waals surface area contributed by atoms with Crippen LogP contribution in [0.25, 0.3) is 0 Å². The highest BCUT2D eigenvalue weighted by atomic mass is 16.2. The zero-order chi connectivity index (χ0) is 16.8. The van der Waals surface area contributed by atoms with E-state index >= 15 is 0 Å². The number of rotatable bonds is 6. The first-order valence-corrected chi connectivity index (χ1v) is 8.72. The van der Waals surface area contributed by atoms with Gasteiger partial charge in [-0.25, -0.2) is 0 Å². The predicted molar refractivity (Wildman–Crippen MR) is 92.1 cm³/mol. The van der Waals surface area contributed by atoms with Crippen LogP contribution in [0.2, 0.25) is 0 Å². The molecule has 1 aromatic rings. The number of ketones is 1. The van der Waals surface area contributed by atoms with Gasteiger partial charge in [0.2, 0.25) is 0 Å². The third-order valence-corrected chi connectivity index (χ3v) is 4.72. The van der Waals surface area contributed by atoms with E-state index in [1.807, 2.05) is 13.8 Å². The van der Waals surface area contributed by atoms with Gasteiger partial charge in [0.05, 0.1) is 0 Å². The second-order valence-electron chi connectivity index (χ2n) is 6.58. The van der Waals surface area contributed by atoms with Crippen molar-refractivity contribution in [3.63, 3.8) is 0 Å². The van der Waals surface area contributed by atoms with Gasteiger partial charge in [0.1, 0.15) is 5.69 Å². The second kappa shape index (κ2) is 8.29. The van der Waals surface area contributed by atoms with E-state index in [4.69, 9.17) is 0 Å². The molecule has 23 heavy (non-hydrogen) atoms. The number of carbonyl (C=O) groups excluding carboxylic acids is 2. The minimum atomic E-state index is -0.138. The zero-order valence-corrected chi connectivity index (χ0v) is 14.6. The largest absolute Gasteiger partial charge is 0.354 e. The molecule has 128 valence electrons. The third-order valence-electron chi connectivity index (χ3n) is 4.72. The Kier molecular flexibility index (Phi) is 6.39. The van der Waals surface area contributed by atoms with Crippen molar-refractivity contribution in [3.8, 4) is 0 Å². The van der Waals surface area contributed by atoms with Crippen LogP contribution < -0.4 is 10.6 Å². The predicted octanol–water partition coefficient (Wildman–Crippen LogP) is 2.88. The standard InChI is InChI=1S/C18H29N3O2/c1-12-16(14(3)22)13(2)21-17(12)18(23)20-11-10-19-15-8-6-4-5-7-9-15/h15,19,21H,4-11H2,1-3H3,(H,20,23). The maximum Gasteiger partial charge on any atom is 0.268 e. The van der Waals surface area contributed by atoms with Crippen LogP contribution in [0.5, 0.6) is 0 Å². The Bertz CT molecular complexity index is 555. The van der Waals surface area contributed by atoms with Crippen molar-refractivity contribution in [2.24, 2.45) is 0 Å². The molecule has 5 heteroatoms. The molecular formula is C18H29N3O2. The Hall–Kier alpha value is -1.62. The summed E-state index contributed by atoms with van der Waals surface area (Å²) in [6, 6.07) is 0.591. The lowest BCUT2D eigenvalue weighted by Crippen LogP contribution is -2.37. The van der Waals surface area contributed by atoms with E-state index < -0.39 is 0 Å². The number of hydrogen-bond acceptors (Lipinski definition) is 3. The van der Waals surface area contributed by atoms with Crippen molar-refractivity contribution in [1.29, 1.82) is 0 Å². The molecule has 0 saturated heterocycles. The van der Waals surface area contributed by atoms with Crippen molar-refractivity contribution in [2.45, 2.75) is 65.3 Å². The van der Waals surface area contributed by atoms with Gasteiger partial charge in [0.15, 0.2) is 5.78 Å². The van der Waals surface area contributed by atoms with Crippen LogP contribution in [0, 0.1) is 13.8 Å². The minimum absolute atomic E-state index is 0.00895. The third kappa shape index (κ3) is 4.67. The quantitative estimate of drug-likeness (QED) is 0.429. The number of aromatic amines is 1. The molecule has 1 amide bonds. The second-order valence-corrected chi connectivity index (χ2v) is 6.58. The molecule has 1 aliphatic rings. The van der Waals surface area contributed by atoms with Crippen LogP contribution in [0.3, 0.4) is 0 Å². The van der Waals surface area contributed by atoms with E-state index in [1.54, 1.807) is 0 Å². The van der Waals surface area contributed by atoms with Gasteiger partial charge in [-0.2, -0.15) is 0 Å². The van der Waals surface area contributed by atoms with Gasteiger partial charge in [-0.05, 0) is 39.2 Å². The van der Waals surface area contributed by atoms with Gasteiger partial charge in [-0.1, -0.05) is 25.7 Å². The van der Waals surface area contributed by atoms with E-state index in [-0.39, 0.29) is 11.7 Å². The van der Waals surface area contributed by atoms with E-state index in [1.165, 1.54) is 45.4 Å². The Labute approximate surface area is 138 Å². The molecule has 3 N–H and O–H groups in total. The van der Waals surface area contributed by atoms with Crippen LogP contribution in [-0.4, -0.2) is 35.8 Å². The average molecular weight is 319 g/mol. The molecule has 0 atom stereocenters.